The van der Waals surface area contributed by atoms with Gasteiger partial charge in [0.1, 0.15) is 11.9 Å². The summed E-state index contributed by atoms with van der Waals surface area (Å²) in [7, 11) is 0. The predicted octanol–water partition coefficient (Wildman–Crippen LogP) is 2.85. The van der Waals surface area contributed by atoms with Crippen LogP contribution in [0.4, 0.5) is 10.1 Å². The number of nitrogens with one attached hydrogen (secondary N) is 1. The van der Waals surface area contributed by atoms with Crippen LogP contribution in [0.3, 0.4) is 0 Å². The Hall–Kier alpha value is -1.86. The first-order valence-electron chi connectivity index (χ1n) is 5.99. The van der Waals surface area contributed by atoms with Crippen LogP contribution in [0.5, 0.6) is 0 Å². The summed E-state index contributed by atoms with van der Waals surface area (Å²) in [6, 6.07) is 6.20. The van der Waals surface area contributed by atoms with Crippen molar-refractivity contribution in [1.82, 2.24) is 0 Å². The molecule has 94 valence electrons. The molecule has 3 nitrogen and oxygen atoms in total. The Bertz CT molecular complexity index is 491. The largest absolute Gasteiger partial charge is 0.384 e. The van der Waals surface area contributed by atoms with Gasteiger partial charge in [-0.1, -0.05) is 11.6 Å². The van der Waals surface area contributed by atoms with E-state index in [0.717, 1.165) is 26.0 Å². The number of rotatable bonds is 4. The number of hydrogen-bond donors (Lipinski definition) is 1. The van der Waals surface area contributed by atoms with Crippen molar-refractivity contribution < 1.29 is 9.13 Å². The summed E-state index contributed by atoms with van der Waals surface area (Å²) in [4.78, 5) is 0. The van der Waals surface area contributed by atoms with Gasteiger partial charge in [0.15, 0.2) is 0 Å². The van der Waals surface area contributed by atoms with Crippen LogP contribution in [0.25, 0.3) is 0 Å². The Balaban J connectivity index is 1.90. The average Bonchev–Trinajstić information content (AvgIpc) is 2.41. The van der Waals surface area contributed by atoms with Crippen LogP contribution in [-0.2, 0) is 4.74 Å². The summed E-state index contributed by atoms with van der Waals surface area (Å²) < 4.78 is 18.2. The van der Waals surface area contributed by atoms with Crippen LogP contribution in [0, 0.1) is 17.1 Å². The van der Waals surface area contributed by atoms with Crippen molar-refractivity contribution in [2.24, 2.45) is 0 Å². The molecule has 18 heavy (non-hydrogen) atoms. The second-order valence-corrected chi connectivity index (χ2v) is 4.17. The van der Waals surface area contributed by atoms with Crippen molar-refractivity contribution in [3.63, 3.8) is 0 Å². The van der Waals surface area contributed by atoms with Gasteiger partial charge in [0, 0.05) is 6.54 Å². The van der Waals surface area contributed by atoms with Gasteiger partial charge in [0.25, 0.3) is 0 Å². The molecular weight excluding hydrogens is 231 g/mol. The molecule has 0 aromatic heterocycles. The van der Waals surface area contributed by atoms with Gasteiger partial charge in [-0.25, -0.2) is 4.39 Å². The maximum absolute atomic E-state index is 12.9. The fourth-order valence-corrected chi connectivity index (χ4v) is 1.91. The smallest absolute Gasteiger partial charge is 0.124 e. The van der Waals surface area contributed by atoms with Crippen LogP contribution in [-0.4, -0.2) is 19.8 Å². The van der Waals surface area contributed by atoms with E-state index < -0.39 is 0 Å². The molecular formula is C14H15FN2O. The lowest BCUT2D eigenvalue weighted by atomic mass is 10.1. The van der Waals surface area contributed by atoms with E-state index in [1.807, 2.05) is 6.07 Å². The highest BCUT2D eigenvalue weighted by molar-refractivity contribution is 5.57. The topological polar surface area (TPSA) is 45.0 Å². The average molecular weight is 246 g/mol. The van der Waals surface area contributed by atoms with E-state index in [0.29, 0.717) is 17.9 Å². The van der Waals surface area contributed by atoms with E-state index in [9.17, 15) is 4.39 Å². The Kier molecular flexibility index (Phi) is 4.32. The van der Waals surface area contributed by atoms with Crippen molar-refractivity contribution in [1.29, 1.82) is 5.26 Å². The summed E-state index contributed by atoms with van der Waals surface area (Å²) in [5.74, 6) is -0.385. The Morgan fingerprint density at radius 1 is 1.44 bits per heavy atom. The first-order chi connectivity index (χ1) is 8.79. The molecule has 2 rings (SSSR count). The Labute approximate surface area is 106 Å². The zero-order valence-corrected chi connectivity index (χ0v) is 10.1. The predicted molar refractivity (Wildman–Crippen MR) is 67.7 cm³/mol. The fraction of sp³-hybridized carbons (Fsp3) is 0.357. The van der Waals surface area contributed by atoms with Gasteiger partial charge in [0.05, 0.1) is 24.5 Å². The maximum Gasteiger partial charge on any atom is 0.124 e. The quantitative estimate of drug-likeness (QED) is 0.831. The lowest BCUT2D eigenvalue weighted by molar-refractivity contribution is 0.153. The molecule has 0 saturated carbocycles. The summed E-state index contributed by atoms with van der Waals surface area (Å²) >= 11 is 0. The van der Waals surface area contributed by atoms with Crippen molar-refractivity contribution in [2.45, 2.75) is 12.8 Å². The molecule has 1 aliphatic rings. The van der Waals surface area contributed by atoms with Crippen molar-refractivity contribution in [3.8, 4) is 6.07 Å². The summed E-state index contributed by atoms with van der Waals surface area (Å²) in [5, 5.41) is 12.1. The standard InChI is InChI=1S/C14H15FN2O/c15-13-1-2-14(12(9-13)10-16)17-6-3-11-4-7-18-8-5-11/h1-2,4,9,17H,3,5-8H2. The van der Waals surface area contributed by atoms with Gasteiger partial charge in [-0.05, 0) is 31.0 Å². The summed E-state index contributed by atoms with van der Waals surface area (Å²) in [6.45, 7) is 2.22. The van der Waals surface area contributed by atoms with E-state index in [4.69, 9.17) is 10.00 Å². The van der Waals surface area contributed by atoms with E-state index in [1.165, 1.54) is 17.7 Å². The molecule has 1 N–H and O–H groups in total. The maximum atomic E-state index is 12.9. The third-order valence-electron chi connectivity index (χ3n) is 2.92. The number of nitriles is 1. The van der Waals surface area contributed by atoms with Gasteiger partial charge in [-0.3, -0.25) is 0 Å². The zero-order chi connectivity index (χ0) is 12.8. The minimum Gasteiger partial charge on any atom is -0.384 e. The molecule has 1 aromatic rings. The molecule has 0 spiro atoms. The first-order valence-corrected chi connectivity index (χ1v) is 5.99. The number of halogens is 1. The SMILES string of the molecule is N#Cc1cc(F)ccc1NCCC1=CCOCC1. The van der Waals surface area contributed by atoms with Gasteiger partial charge in [-0.2, -0.15) is 5.26 Å². The molecule has 0 fully saturated rings. The number of ether oxygens (including phenoxy) is 1. The summed E-state index contributed by atoms with van der Waals surface area (Å²) in [5.41, 5.74) is 2.40. The van der Waals surface area contributed by atoms with E-state index in [1.54, 1.807) is 6.07 Å². The van der Waals surface area contributed by atoms with Crippen LogP contribution in [0.2, 0.25) is 0 Å². The van der Waals surface area contributed by atoms with Crippen molar-refractivity contribution in [2.75, 3.05) is 25.1 Å². The monoisotopic (exact) mass is 246 g/mol. The minimum atomic E-state index is -0.385. The molecule has 0 atom stereocenters. The lowest BCUT2D eigenvalue weighted by Gasteiger charge is -2.14. The first kappa shape index (κ1) is 12.6. The number of benzene rings is 1. The van der Waals surface area contributed by atoms with Crippen molar-refractivity contribution in [3.05, 3.63) is 41.2 Å². The summed E-state index contributed by atoms with van der Waals surface area (Å²) in [6.07, 6.45) is 3.99. The van der Waals surface area contributed by atoms with Gasteiger partial charge in [0.2, 0.25) is 0 Å². The van der Waals surface area contributed by atoms with Gasteiger partial charge >= 0.3 is 0 Å². The second kappa shape index (κ2) is 6.18. The third-order valence-corrected chi connectivity index (χ3v) is 2.92. The minimum absolute atomic E-state index is 0.343. The molecule has 1 aromatic carbocycles. The molecule has 1 heterocycles. The molecule has 0 bridgehead atoms. The van der Waals surface area contributed by atoms with Crippen molar-refractivity contribution >= 4 is 5.69 Å². The molecule has 0 aliphatic carbocycles. The normalized spacial score (nSPS) is 14.8. The highest BCUT2D eigenvalue weighted by atomic mass is 19.1. The van der Waals surface area contributed by atoms with Crippen LogP contribution < -0.4 is 5.32 Å². The molecule has 0 amide bonds. The van der Waals surface area contributed by atoms with E-state index >= 15 is 0 Å². The molecule has 4 heteroatoms. The van der Waals surface area contributed by atoms with Gasteiger partial charge in [-0.15, -0.1) is 0 Å². The van der Waals surface area contributed by atoms with Gasteiger partial charge < -0.3 is 10.1 Å². The zero-order valence-electron chi connectivity index (χ0n) is 10.1. The highest BCUT2D eigenvalue weighted by Gasteiger charge is 2.05. The number of anilines is 1. The number of hydrogen-bond acceptors (Lipinski definition) is 3. The molecule has 0 radical (unpaired) electrons. The van der Waals surface area contributed by atoms with E-state index in [-0.39, 0.29) is 5.82 Å². The number of nitrogens with zero attached hydrogens (tertiary/aromatic N) is 1. The second-order valence-electron chi connectivity index (χ2n) is 4.17. The van der Waals surface area contributed by atoms with Crippen LogP contribution in [0.1, 0.15) is 18.4 Å². The molecule has 0 unspecified atom stereocenters. The Morgan fingerprint density at radius 2 is 2.33 bits per heavy atom. The molecule has 1 aliphatic heterocycles. The fourth-order valence-electron chi connectivity index (χ4n) is 1.91. The van der Waals surface area contributed by atoms with E-state index in [2.05, 4.69) is 11.4 Å². The lowest BCUT2D eigenvalue weighted by Crippen LogP contribution is -2.09. The van der Waals surface area contributed by atoms with Crippen LogP contribution in [0.15, 0.2) is 29.8 Å². The van der Waals surface area contributed by atoms with Crippen LogP contribution >= 0.6 is 0 Å². The Morgan fingerprint density at radius 3 is 3.06 bits per heavy atom. The highest BCUT2D eigenvalue weighted by Crippen LogP contribution is 2.17. The third kappa shape index (κ3) is 3.31. The molecule has 0 saturated heterocycles.